The van der Waals surface area contributed by atoms with Crippen LogP contribution in [0.25, 0.3) is 0 Å². The summed E-state index contributed by atoms with van der Waals surface area (Å²) in [4.78, 5) is 15.9. The van der Waals surface area contributed by atoms with E-state index in [4.69, 9.17) is 9.47 Å². The molecule has 27 heavy (non-hydrogen) atoms. The molecule has 0 fully saturated rings. The van der Waals surface area contributed by atoms with E-state index in [1.54, 1.807) is 14.2 Å². The molecule has 0 unspecified atom stereocenters. The number of carbonyl (C=O) groups excluding carboxylic acids is 1. The average molecular weight is 379 g/mol. The molecule has 1 atom stereocenters. The molecule has 4 rings (SSSR count). The molecule has 0 bridgehead atoms. The third-order valence-corrected chi connectivity index (χ3v) is 5.84. The number of hydrogen-bond acceptors (Lipinski definition) is 4. The largest absolute Gasteiger partial charge is 0.493 e. The van der Waals surface area contributed by atoms with Crippen molar-refractivity contribution in [1.29, 1.82) is 0 Å². The fourth-order valence-electron chi connectivity index (χ4n) is 3.70. The number of nitrogens with zero attached hydrogens (tertiary/aromatic N) is 1. The molecule has 5 heteroatoms. The van der Waals surface area contributed by atoms with Crippen molar-refractivity contribution in [2.24, 2.45) is 0 Å². The minimum atomic E-state index is -0.149. The van der Waals surface area contributed by atoms with Crippen LogP contribution in [0.3, 0.4) is 0 Å². The fourth-order valence-corrected chi connectivity index (χ4v) is 4.38. The summed E-state index contributed by atoms with van der Waals surface area (Å²) in [7, 11) is 3.29. The topological polar surface area (TPSA) is 38.8 Å². The van der Waals surface area contributed by atoms with E-state index < -0.39 is 0 Å². The van der Waals surface area contributed by atoms with Gasteiger partial charge in [0.15, 0.2) is 11.5 Å². The molecule has 0 spiro atoms. The molecule has 2 aromatic carbocycles. The summed E-state index contributed by atoms with van der Waals surface area (Å²) in [6, 6.07) is 17.9. The van der Waals surface area contributed by atoms with Crippen molar-refractivity contribution in [3.8, 4) is 11.5 Å². The summed E-state index contributed by atoms with van der Waals surface area (Å²) in [6.07, 6.45) is 0.788. The second-order valence-corrected chi connectivity index (χ2v) is 7.39. The van der Waals surface area contributed by atoms with Crippen LogP contribution in [0, 0.1) is 0 Å². The van der Waals surface area contributed by atoms with Gasteiger partial charge in [0.1, 0.15) is 0 Å². The Hall–Kier alpha value is -2.79. The van der Waals surface area contributed by atoms with E-state index in [1.165, 1.54) is 16.9 Å². The van der Waals surface area contributed by atoms with Crippen molar-refractivity contribution in [2.75, 3.05) is 20.8 Å². The molecule has 0 aliphatic carbocycles. The molecular weight excluding hydrogens is 358 g/mol. The first-order chi connectivity index (χ1) is 13.2. The Morgan fingerprint density at radius 1 is 1.04 bits per heavy atom. The number of rotatable bonds is 4. The number of benzene rings is 2. The lowest BCUT2D eigenvalue weighted by Crippen LogP contribution is -2.40. The predicted octanol–water partition coefficient (Wildman–Crippen LogP) is 4.55. The van der Waals surface area contributed by atoms with Gasteiger partial charge in [-0.1, -0.05) is 36.4 Å². The highest BCUT2D eigenvalue weighted by molar-refractivity contribution is 7.12. The van der Waals surface area contributed by atoms with Crippen LogP contribution < -0.4 is 9.47 Å². The predicted molar refractivity (Wildman–Crippen MR) is 107 cm³/mol. The van der Waals surface area contributed by atoms with E-state index in [-0.39, 0.29) is 11.9 Å². The first-order valence-electron chi connectivity index (χ1n) is 8.87. The number of carbonyl (C=O) groups is 1. The molecule has 1 aliphatic rings. The number of methoxy groups -OCH3 is 2. The van der Waals surface area contributed by atoms with Gasteiger partial charge in [0.2, 0.25) is 0 Å². The summed E-state index contributed by atoms with van der Waals surface area (Å²) in [5.74, 6) is 1.47. The van der Waals surface area contributed by atoms with Gasteiger partial charge in [-0.05, 0) is 46.7 Å². The molecule has 3 aromatic rings. The van der Waals surface area contributed by atoms with Crippen molar-refractivity contribution in [3.05, 3.63) is 81.5 Å². The van der Waals surface area contributed by atoms with Gasteiger partial charge in [-0.25, -0.2) is 0 Å². The third-order valence-electron chi connectivity index (χ3n) is 4.98. The summed E-state index contributed by atoms with van der Waals surface area (Å²) in [6.45, 7) is 0.665. The van der Waals surface area contributed by atoms with Crippen molar-refractivity contribution in [1.82, 2.24) is 4.90 Å². The number of hydrogen-bond donors (Lipinski definition) is 0. The lowest BCUT2D eigenvalue weighted by Gasteiger charge is -2.38. The van der Waals surface area contributed by atoms with E-state index in [0.29, 0.717) is 12.3 Å². The molecule has 0 N–H and O–H groups in total. The SMILES string of the molecule is COc1cc2c(cc1OC)[C@@H](c1ccccc1)N(C(=O)c1cccs1)CC2. The Bertz CT molecular complexity index is 938. The fraction of sp³-hybridized carbons (Fsp3) is 0.227. The van der Waals surface area contributed by atoms with Gasteiger partial charge in [-0.2, -0.15) is 0 Å². The maximum Gasteiger partial charge on any atom is 0.264 e. The Balaban J connectivity index is 1.85. The lowest BCUT2D eigenvalue weighted by molar-refractivity contribution is 0.0699. The highest BCUT2D eigenvalue weighted by atomic mass is 32.1. The zero-order valence-electron chi connectivity index (χ0n) is 15.3. The van der Waals surface area contributed by atoms with Gasteiger partial charge >= 0.3 is 0 Å². The van der Waals surface area contributed by atoms with E-state index in [0.717, 1.165) is 28.2 Å². The van der Waals surface area contributed by atoms with Gasteiger partial charge in [0, 0.05) is 6.54 Å². The Morgan fingerprint density at radius 3 is 2.44 bits per heavy atom. The van der Waals surface area contributed by atoms with Gasteiger partial charge in [-0.3, -0.25) is 4.79 Å². The van der Waals surface area contributed by atoms with E-state index in [2.05, 4.69) is 12.1 Å². The van der Waals surface area contributed by atoms with Crippen LogP contribution in [-0.2, 0) is 6.42 Å². The summed E-state index contributed by atoms with van der Waals surface area (Å²) in [5, 5.41) is 1.94. The Morgan fingerprint density at radius 2 is 1.78 bits per heavy atom. The molecule has 1 aliphatic heterocycles. The van der Waals surface area contributed by atoms with E-state index >= 15 is 0 Å². The zero-order chi connectivity index (χ0) is 18.8. The van der Waals surface area contributed by atoms with Crippen molar-refractivity contribution in [2.45, 2.75) is 12.5 Å². The van der Waals surface area contributed by atoms with E-state index in [9.17, 15) is 4.79 Å². The first kappa shape index (κ1) is 17.6. The van der Waals surface area contributed by atoms with Crippen molar-refractivity contribution in [3.63, 3.8) is 0 Å². The van der Waals surface area contributed by atoms with Crippen LogP contribution >= 0.6 is 11.3 Å². The molecule has 0 saturated carbocycles. The van der Waals surface area contributed by atoms with E-state index in [1.807, 2.05) is 52.7 Å². The second kappa shape index (κ2) is 7.45. The molecule has 0 radical (unpaired) electrons. The quantitative estimate of drug-likeness (QED) is 0.667. The van der Waals surface area contributed by atoms with Crippen LogP contribution in [-0.4, -0.2) is 31.6 Å². The Labute approximate surface area is 163 Å². The summed E-state index contributed by atoms with van der Waals surface area (Å²) < 4.78 is 11.0. The van der Waals surface area contributed by atoms with Crippen LogP contribution in [0.15, 0.2) is 60.0 Å². The highest BCUT2D eigenvalue weighted by Crippen LogP contribution is 2.41. The standard InChI is InChI=1S/C22H21NO3S/c1-25-18-13-16-10-11-23(22(24)20-9-6-12-27-20)21(15-7-4-3-5-8-15)17(16)14-19(18)26-2/h3-9,12-14,21H,10-11H2,1-2H3/t21-/m1/s1. The normalized spacial score (nSPS) is 15.9. The molecular formula is C22H21NO3S. The Kier molecular flexibility index (Phi) is 4.86. The van der Waals surface area contributed by atoms with Gasteiger partial charge in [-0.15, -0.1) is 11.3 Å². The van der Waals surface area contributed by atoms with Gasteiger partial charge in [0.25, 0.3) is 5.91 Å². The summed E-state index contributed by atoms with van der Waals surface area (Å²) in [5.41, 5.74) is 3.38. The molecule has 2 heterocycles. The van der Waals surface area contributed by atoms with Gasteiger partial charge in [0.05, 0.1) is 25.1 Å². The second-order valence-electron chi connectivity index (χ2n) is 6.45. The monoisotopic (exact) mass is 379 g/mol. The van der Waals surface area contributed by atoms with Crippen LogP contribution in [0.5, 0.6) is 11.5 Å². The smallest absolute Gasteiger partial charge is 0.264 e. The minimum absolute atomic E-state index is 0.0688. The lowest BCUT2D eigenvalue weighted by atomic mass is 9.87. The molecule has 1 amide bonds. The third kappa shape index (κ3) is 3.19. The molecule has 0 saturated heterocycles. The number of ether oxygens (including phenoxy) is 2. The number of fused-ring (bicyclic) bond motifs is 1. The highest BCUT2D eigenvalue weighted by Gasteiger charge is 2.34. The number of amides is 1. The maximum atomic E-state index is 13.2. The molecule has 1 aromatic heterocycles. The van der Waals surface area contributed by atoms with Crippen molar-refractivity contribution < 1.29 is 14.3 Å². The van der Waals surface area contributed by atoms with Gasteiger partial charge < -0.3 is 14.4 Å². The van der Waals surface area contributed by atoms with Crippen LogP contribution in [0.2, 0.25) is 0 Å². The van der Waals surface area contributed by atoms with Crippen molar-refractivity contribution >= 4 is 17.2 Å². The summed E-state index contributed by atoms with van der Waals surface area (Å²) >= 11 is 1.48. The van der Waals surface area contributed by atoms with Crippen LogP contribution in [0.4, 0.5) is 0 Å². The molecule has 4 nitrogen and oxygen atoms in total. The minimum Gasteiger partial charge on any atom is -0.493 e. The number of thiophene rings is 1. The average Bonchev–Trinajstić information content (AvgIpc) is 3.26. The zero-order valence-corrected chi connectivity index (χ0v) is 16.2. The maximum absolute atomic E-state index is 13.2. The van der Waals surface area contributed by atoms with Crippen LogP contribution in [0.1, 0.15) is 32.4 Å². The first-order valence-corrected chi connectivity index (χ1v) is 9.75. The molecule has 138 valence electrons.